The van der Waals surface area contributed by atoms with Crippen LogP contribution in [0.5, 0.6) is 0 Å². The van der Waals surface area contributed by atoms with Crippen LogP contribution in [-0.2, 0) is 4.79 Å². The Morgan fingerprint density at radius 3 is 1.67 bits per heavy atom. The van der Waals surface area contributed by atoms with E-state index in [1.165, 1.54) is 9.40 Å². The Hall–Kier alpha value is -4.23. The number of rotatable bonds is 6. The van der Waals surface area contributed by atoms with Crippen molar-refractivity contribution in [2.45, 2.75) is 0 Å². The van der Waals surface area contributed by atoms with Crippen LogP contribution in [0.1, 0.15) is 10.4 Å². The number of hydrogen-bond donors (Lipinski definition) is 0. The number of hydrogen-bond acceptors (Lipinski definition) is 6. The van der Waals surface area contributed by atoms with E-state index in [0.29, 0.717) is 5.57 Å². The van der Waals surface area contributed by atoms with Crippen LogP contribution in [0.3, 0.4) is 0 Å². The Morgan fingerprint density at radius 2 is 1.10 bits per heavy atom. The largest absolute Gasteiger partial charge is 0.298 e. The molecule has 3 aromatic heterocycles. The molecule has 39 heavy (non-hydrogen) atoms. The van der Waals surface area contributed by atoms with Gasteiger partial charge in [-0.25, -0.2) is 9.97 Å². The van der Waals surface area contributed by atoms with Gasteiger partial charge >= 0.3 is 0 Å². The summed E-state index contributed by atoms with van der Waals surface area (Å²) < 4.78 is 2.37. The van der Waals surface area contributed by atoms with Crippen LogP contribution in [0, 0.1) is 0 Å². The van der Waals surface area contributed by atoms with Crippen LogP contribution in [0.25, 0.3) is 63.7 Å². The third kappa shape index (κ3) is 4.74. The number of benzene rings is 4. The first-order chi connectivity index (χ1) is 19.2. The maximum atomic E-state index is 12.0. The van der Waals surface area contributed by atoms with Crippen molar-refractivity contribution in [3.63, 3.8) is 0 Å². The van der Waals surface area contributed by atoms with Crippen molar-refractivity contribution in [2.75, 3.05) is 0 Å². The van der Waals surface area contributed by atoms with E-state index in [9.17, 15) is 4.79 Å². The molecule has 0 atom stereocenters. The van der Waals surface area contributed by atoms with Crippen LogP contribution < -0.4 is 0 Å². The fourth-order valence-corrected chi connectivity index (χ4v) is 7.41. The summed E-state index contributed by atoms with van der Waals surface area (Å²) in [5, 5.41) is 2.02. The molecule has 0 unspecified atom stereocenters. The maximum Gasteiger partial charge on any atom is 0.151 e. The Bertz CT molecular complexity index is 1910. The minimum absolute atomic E-state index is 0.671. The molecule has 7 rings (SSSR count). The van der Waals surface area contributed by atoms with Gasteiger partial charge in [-0.15, -0.1) is 34.0 Å². The third-order valence-electron chi connectivity index (χ3n) is 6.50. The lowest BCUT2D eigenvalue weighted by Crippen LogP contribution is -1.83. The lowest BCUT2D eigenvalue weighted by molar-refractivity contribution is -0.103. The topological polar surface area (TPSA) is 42.9 Å². The zero-order valence-corrected chi connectivity index (χ0v) is 23.0. The highest BCUT2D eigenvalue weighted by atomic mass is 32.1. The van der Waals surface area contributed by atoms with Crippen LogP contribution in [0.15, 0.2) is 109 Å². The van der Waals surface area contributed by atoms with Crippen molar-refractivity contribution in [1.29, 1.82) is 0 Å². The number of fused-ring (bicyclic) bond motifs is 2. The summed E-state index contributed by atoms with van der Waals surface area (Å²) in [6, 6.07) is 37.2. The molecule has 4 aromatic carbocycles. The first kappa shape index (κ1) is 23.9. The standard InChI is InChI=1S/C33H20N2OS3/c36-20-25(19-21-9-11-23(12-10-21)32-34-26-5-1-3-7-30(26)38-32)29-18-17-28(37-29)22-13-15-24(16-14-22)33-35-27-6-2-4-8-31(27)39-33/h1-20H/b25-19+. The first-order valence-electron chi connectivity index (χ1n) is 12.4. The normalized spacial score (nSPS) is 11.8. The molecule has 186 valence electrons. The number of carbonyl (C=O) groups excluding carboxylic acids is 1. The second-order valence-corrected chi connectivity index (χ2v) is 12.2. The van der Waals surface area contributed by atoms with E-state index in [4.69, 9.17) is 9.97 Å². The van der Waals surface area contributed by atoms with Crippen molar-refractivity contribution >= 4 is 72.4 Å². The summed E-state index contributed by atoms with van der Waals surface area (Å²) in [5.74, 6) is 0. The lowest BCUT2D eigenvalue weighted by atomic mass is 10.1. The lowest BCUT2D eigenvalue weighted by Gasteiger charge is -2.01. The van der Waals surface area contributed by atoms with Gasteiger partial charge in [0.05, 0.1) is 20.4 Å². The average molecular weight is 557 g/mol. The molecular weight excluding hydrogens is 537 g/mol. The zero-order chi connectivity index (χ0) is 26.2. The summed E-state index contributed by atoms with van der Waals surface area (Å²) in [7, 11) is 0. The van der Waals surface area contributed by atoms with E-state index in [2.05, 4.69) is 54.6 Å². The Kier molecular flexibility index (Phi) is 6.21. The highest BCUT2D eigenvalue weighted by Crippen LogP contribution is 2.35. The summed E-state index contributed by atoms with van der Waals surface area (Å²) in [5.41, 5.74) is 7.02. The molecule has 0 spiro atoms. The van der Waals surface area contributed by atoms with Crippen LogP contribution >= 0.6 is 34.0 Å². The van der Waals surface area contributed by atoms with Gasteiger partial charge in [0, 0.05) is 26.5 Å². The van der Waals surface area contributed by atoms with Crippen molar-refractivity contribution in [1.82, 2.24) is 9.97 Å². The first-order valence-corrected chi connectivity index (χ1v) is 14.9. The van der Waals surface area contributed by atoms with E-state index in [-0.39, 0.29) is 0 Å². The Labute approximate surface area is 237 Å². The zero-order valence-electron chi connectivity index (χ0n) is 20.6. The molecule has 0 aliphatic rings. The van der Waals surface area contributed by atoms with Gasteiger partial charge in [-0.1, -0.05) is 72.8 Å². The molecule has 0 aliphatic heterocycles. The molecule has 6 heteroatoms. The summed E-state index contributed by atoms with van der Waals surface area (Å²) in [4.78, 5) is 23.6. The number of nitrogens with zero attached hydrogens (tertiary/aromatic N) is 2. The molecule has 0 amide bonds. The van der Waals surface area contributed by atoms with Crippen molar-refractivity contribution in [3.05, 3.63) is 120 Å². The van der Waals surface area contributed by atoms with Gasteiger partial charge in [0.1, 0.15) is 10.0 Å². The van der Waals surface area contributed by atoms with Crippen LogP contribution in [0.4, 0.5) is 0 Å². The Morgan fingerprint density at radius 1 is 0.564 bits per heavy atom. The van der Waals surface area contributed by atoms with Gasteiger partial charge < -0.3 is 0 Å². The van der Waals surface area contributed by atoms with Gasteiger partial charge in [-0.3, -0.25) is 4.79 Å². The number of aldehydes is 1. The van der Waals surface area contributed by atoms with E-state index >= 15 is 0 Å². The molecule has 0 radical (unpaired) electrons. The van der Waals surface area contributed by atoms with Crippen molar-refractivity contribution < 1.29 is 4.79 Å². The predicted octanol–water partition coefficient (Wildman–Crippen LogP) is 9.71. The minimum Gasteiger partial charge on any atom is -0.298 e. The number of thiazole rings is 2. The van der Waals surface area contributed by atoms with E-state index < -0.39 is 0 Å². The second-order valence-electron chi connectivity index (χ2n) is 9.05. The number of allylic oxidation sites excluding steroid dienone is 1. The maximum absolute atomic E-state index is 12.0. The van der Waals surface area contributed by atoms with E-state index in [0.717, 1.165) is 59.3 Å². The molecule has 0 fully saturated rings. The van der Waals surface area contributed by atoms with Crippen molar-refractivity contribution in [2.24, 2.45) is 0 Å². The fourth-order valence-electron chi connectivity index (χ4n) is 4.48. The van der Waals surface area contributed by atoms with Gasteiger partial charge in [0.25, 0.3) is 0 Å². The quantitative estimate of drug-likeness (QED) is 0.151. The minimum atomic E-state index is 0.671. The molecule has 0 saturated heterocycles. The van der Waals surface area contributed by atoms with Gasteiger partial charge in [0.15, 0.2) is 6.29 Å². The molecule has 3 heterocycles. The highest BCUT2D eigenvalue weighted by molar-refractivity contribution is 7.22. The highest BCUT2D eigenvalue weighted by Gasteiger charge is 2.10. The number of aromatic nitrogens is 2. The SMILES string of the molecule is O=C/C(=C\c1ccc(-c2nc3ccccc3s2)cc1)c1ccc(-c2ccc(-c3nc4ccccc4s3)cc2)s1. The predicted molar refractivity (Wildman–Crippen MR) is 167 cm³/mol. The Balaban J connectivity index is 1.11. The van der Waals surface area contributed by atoms with E-state index in [1.807, 2.05) is 60.7 Å². The number of thiophene rings is 1. The molecule has 0 saturated carbocycles. The molecule has 0 bridgehead atoms. The molecule has 0 aliphatic carbocycles. The number of carbonyl (C=O) groups is 1. The van der Waals surface area contributed by atoms with Crippen LogP contribution in [-0.4, -0.2) is 16.3 Å². The van der Waals surface area contributed by atoms with Gasteiger partial charge in [-0.2, -0.15) is 0 Å². The smallest absolute Gasteiger partial charge is 0.151 e. The molecule has 7 aromatic rings. The molecule has 3 nitrogen and oxygen atoms in total. The molecular formula is C33H20N2OS3. The van der Waals surface area contributed by atoms with Crippen molar-refractivity contribution in [3.8, 4) is 31.6 Å². The summed E-state index contributed by atoms with van der Waals surface area (Å²) >= 11 is 5.02. The van der Waals surface area contributed by atoms with Gasteiger partial charge in [-0.05, 0) is 53.6 Å². The van der Waals surface area contributed by atoms with E-state index in [1.54, 1.807) is 34.0 Å². The summed E-state index contributed by atoms with van der Waals surface area (Å²) in [6.07, 6.45) is 2.88. The third-order valence-corrected chi connectivity index (χ3v) is 9.86. The second kappa shape index (κ2) is 10.2. The van der Waals surface area contributed by atoms with Crippen LogP contribution in [0.2, 0.25) is 0 Å². The number of para-hydroxylation sites is 2. The summed E-state index contributed by atoms with van der Waals surface area (Å²) in [6.45, 7) is 0. The van der Waals surface area contributed by atoms with Gasteiger partial charge in [0.2, 0.25) is 0 Å². The monoisotopic (exact) mass is 556 g/mol. The average Bonchev–Trinajstić information content (AvgIpc) is 3.74. The molecule has 0 N–H and O–H groups in total. The fraction of sp³-hybridized carbons (Fsp3) is 0.